The third-order valence-electron chi connectivity index (χ3n) is 3.13. The zero-order valence-electron chi connectivity index (χ0n) is 10.4. The fourth-order valence-electron chi connectivity index (χ4n) is 2.03. The van der Waals surface area contributed by atoms with Crippen LogP contribution in [0, 0.1) is 0 Å². The van der Waals surface area contributed by atoms with Gasteiger partial charge < -0.3 is 4.90 Å². The summed E-state index contributed by atoms with van der Waals surface area (Å²) >= 11 is 5.20. The Kier molecular flexibility index (Phi) is 5.57. The predicted molar refractivity (Wildman–Crippen MR) is 81.0 cm³/mol. The Bertz CT molecular complexity index is 393. The molecule has 1 fully saturated rings. The standard InChI is InChI=1S/C14H18BrNOS/c15-13-5-3-12(4-6-13)7-9-16-8-1-2-10-18-11-14(16)17/h3-6H,1-2,7-11H2. The molecule has 2 rings (SSSR count). The van der Waals surface area contributed by atoms with Crippen LogP contribution in [-0.4, -0.2) is 35.4 Å². The second kappa shape index (κ2) is 7.19. The number of amides is 1. The molecule has 98 valence electrons. The summed E-state index contributed by atoms with van der Waals surface area (Å²) in [6, 6.07) is 8.35. The zero-order valence-corrected chi connectivity index (χ0v) is 12.8. The van der Waals surface area contributed by atoms with Crippen molar-refractivity contribution in [3.05, 3.63) is 34.3 Å². The van der Waals surface area contributed by atoms with Crippen molar-refractivity contribution < 1.29 is 4.79 Å². The van der Waals surface area contributed by atoms with E-state index in [0.717, 1.165) is 36.2 Å². The summed E-state index contributed by atoms with van der Waals surface area (Å²) in [5, 5.41) is 0. The molecular weight excluding hydrogens is 310 g/mol. The Morgan fingerprint density at radius 3 is 2.78 bits per heavy atom. The van der Waals surface area contributed by atoms with Crippen molar-refractivity contribution in [3.63, 3.8) is 0 Å². The monoisotopic (exact) mass is 327 g/mol. The molecule has 0 aliphatic carbocycles. The second-order valence-electron chi connectivity index (χ2n) is 4.52. The van der Waals surface area contributed by atoms with Crippen molar-refractivity contribution in [1.82, 2.24) is 4.90 Å². The van der Waals surface area contributed by atoms with Crippen molar-refractivity contribution in [1.29, 1.82) is 0 Å². The van der Waals surface area contributed by atoms with Crippen LogP contribution in [0.3, 0.4) is 0 Å². The van der Waals surface area contributed by atoms with E-state index in [-0.39, 0.29) is 0 Å². The highest BCUT2D eigenvalue weighted by atomic mass is 79.9. The molecule has 0 saturated carbocycles. The molecule has 0 bridgehead atoms. The average molecular weight is 328 g/mol. The van der Waals surface area contributed by atoms with Gasteiger partial charge >= 0.3 is 0 Å². The molecule has 1 amide bonds. The first-order chi connectivity index (χ1) is 8.75. The fourth-order valence-corrected chi connectivity index (χ4v) is 3.21. The van der Waals surface area contributed by atoms with Crippen LogP contribution in [0.4, 0.5) is 0 Å². The Hall–Kier alpha value is -0.480. The maximum absolute atomic E-state index is 11.9. The van der Waals surface area contributed by atoms with Gasteiger partial charge in [0.25, 0.3) is 0 Å². The van der Waals surface area contributed by atoms with E-state index in [2.05, 4.69) is 40.2 Å². The van der Waals surface area contributed by atoms with Crippen LogP contribution >= 0.6 is 27.7 Å². The molecule has 1 heterocycles. The zero-order chi connectivity index (χ0) is 12.8. The van der Waals surface area contributed by atoms with Crippen molar-refractivity contribution in [2.45, 2.75) is 19.3 Å². The molecule has 1 aromatic rings. The number of carbonyl (C=O) groups is 1. The van der Waals surface area contributed by atoms with E-state index in [1.807, 2.05) is 4.90 Å². The van der Waals surface area contributed by atoms with E-state index in [1.165, 1.54) is 12.0 Å². The second-order valence-corrected chi connectivity index (χ2v) is 6.54. The first kappa shape index (κ1) is 13.9. The van der Waals surface area contributed by atoms with E-state index in [4.69, 9.17) is 0 Å². The summed E-state index contributed by atoms with van der Waals surface area (Å²) in [6.07, 6.45) is 3.31. The number of hydrogen-bond acceptors (Lipinski definition) is 2. The molecule has 0 radical (unpaired) electrons. The molecule has 1 saturated heterocycles. The van der Waals surface area contributed by atoms with Crippen molar-refractivity contribution in [2.24, 2.45) is 0 Å². The van der Waals surface area contributed by atoms with Crippen LogP contribution < -0.4 is 0 Å². The fraction of sp³-hybridized carbons (Fsp3) is 0.500. The minimum Gasteiger partial charge on any atom is -0.342 e. The average Bonchev–Trinajstić information content (AvgIpc) is 2.36. The SMILES string of the molecule is O=C1CSCCCCN1CCc1ccc(Br)cc1. The first-order valence-corrected chi connectivity index (χ1v) is 8.30. The predicted octanol–water partition coefficient (Wildman–Crippen LogP) is 3.35. The molecule has 1 aliphatic heterocycles. The summed E-state index contributed by atoms with van der Waals surface area (Å²) in [6.45, 7) is 1.77. The smallest absolute Gasteiger partial charge is 0.232 e. The van der Waals surface area contributed by atoms with Gasteiger partial charge in [0.2, 0.25) is 5.91 Å². The Morgan fingerprint density at radius 1 is 1.22 bits per heavy atom. The summed E-state index contributed by atoms with van der Waals surface area (Å²) in [5.41, 5.74) is 1.29. The van der Waals surface area contributed by atoms with Gasteiger partial charge in [-0.2, -0.15) is 11.8 Å². The summed E-state index contributed by atoms with van der Waals surface area (Å²) in [4.78, 5) is 14.0. The van der Waals surface area contributed by atoms with Gasteiger partial charge in [0.15, 0.2) is 0 Å². The van der Waals surface area contributed by atoms with Gasteiger partial charge in [0.05, 0.1) is 5.75 Å². The molecule has 0 aromatic heterocycles. The molecule has 18 heavy (non-hydrogen) atoms. The molecule has 1 aromatic carbocycles. The highest BCUT2D eigenvalue weighted by molar-refractivity contribution is 9.10. The minimum absolute atomic E-state index is 0.303. The summed E-state index contributed by atoms with van der Waals surface area (Å²) in [7, 11) is 0. The molecule has 0 spiro atoms. The highest BCUT2D eigenvalue weighted by Gasteiger charge is 2.15. The van der Waals surface area contributed by atoms with Crippen LogP contribution in [-0.2, 0) is 11.2 Å². The molecule has 0 atom stereocenters. The minimum atomic E-state index is 0.303. The summed E-state index contributed by atoms with van der Waals surface area (Å²) < 4.78 is 1.10. The number of carbonyl (C=O) groups excluding carboxylic acids is 1. The number of hydrogen-bond donors (Lipinski definition) is 0. The Balaban J connectivity index is 1.87. The van der Waals surface area contributed by atoms with Crippen LogP contribution in [0.2, 0.25) is 0 Å². The van der Waals surface area contributed by atoms with Gasteiger partial charge in [0, 0.05) is 17.6 Å². The molecule has 0 N–H and O–H groups in total. The van der Waals surface area contributed by atoms with E-state index in [1.54, 1.807) is 11.8 Å². The quantitative estimate of drug-likeness (QED) is 0.848. The van der Waals surface area contributed by atoms with E-state index < -0.39 is 0 Å². The van der Waals surface area contributed by atoms with Crippen molar-refractivity contribution in [2.75, 3.05) is 24.6 Å². The van der Waals surface area contributed by atoms with Crippen LogP contribution in [0.15, 0.2) is 28.7 Å². The largest absolute Gasteiger partial charge is 0.342 e. The molecule has 0 unspecified atom stereocenters. The lowest BCUT2D eigenvalue weighted by atomic mass is 10.1. The third-order valence-corrected chi connectivity index (χ3v) is 4.69. The van der Waals surface area contributed by atoms with Gasteiger partial charge in [0.1, 0.15) is 0 Å². The van der Waals surface area contributed by atoms with E-state index in [0.29, 0.717) is 11.7 Å². The lowest BCUT2D eigenvalue weighted by Crippen LogP contribution is -2.36. The lowest BCUT2D eigenvalue weighted by Gasteiger charge is -2.24. The van der Waals surface area contributed by atoms with Gasteiger partial charge in [-0.1, -0.05) is 28.1 Å². The molecule has 2 nitrogen and oxygen atoms in total. The third kappa shape index (κ3) is 4.32. The van der Waals surface area contributed by atoms with Gasteiger partial charge in [-0.25, -0.2) is 0 Å². The van der Waals surface area contributed by atoms with Gasteiger partial charge in [-0.3, -0.25) is 4.79 Å². The summed E-state index contributed by atoms with van der Waals surface area (Å²) in [5.74, 6) is 2.09. The van der Waals surface area contributed by atoms with Crippen LogP contribution in [0.1, 0.15) is 18.4 Å². The molecule has 1 aliphatic rings. The number of thioether (sulfide) groups is 1. The van der Waals surface area contributed by atoms with Crippen molar-refractivity contribution in [3.8, 4) is 0 Å². The van der Waals surface area contributed by atoms with Crippen LogP contribution in [0.25, 0.3) is 0 Å². The Labute approximate surface area is 121 Å². The topological polar surface area (TPSA) is 20.3 Å². The number of nitrogens with zero attached hydrogens (tertiary/aromatic N) is 1. The van der Waals surface area contributed by atoms with E-state index in [9.17, 15) is 4.79 Å². The molecule has 4 heteroatoms. The number of benzene rings is 1. The van der Waals surface area contributed by atoms with Gasteiger partial charge in [-0.05, 0) is 42.7 Å². The Morgan fingerprint density at radius 2 is 2.00 bits per heavy atom. The normalized spacial score (nSPS) is 17.4. The number of rotatable bonds is 3. The highest BCUT2D eigenvalue weighted by Crippen LogP contribution is 2.14. The van der Waals surface area contributed by atoms with Gasteiger partial charge in [-0.15, -0.1) is 0 Å². The van der Waals surface area contributed by atoms with E-state index >= 15 is 0 Å². The number of halogens is 1. The molecular formula is C14H18BrNOS. The maximum Gasteiger partial charge on any atom is 0.232 e. The maximum atomic E-state index is 11.9. The lowest BCUT2D eigenvalue weighted by molar-refractivity contribution is -0.128. The van der Waals surface area contributed by atoms with Crippen molar-refractivity contribution >= 4 is 33.6 Å². The van der Waals surface area contributed by atoms with Crippen LogP contribution in [0.5, 0.6) is 0 Å². The first-order valence-electron chi connectivity index (χ1n) is 6.35.